The van der Waals surface area contributed by atoms with Crippen LogP contribution in [0.1, 0.15) is 25.7 Å². The molecular weight excluding hydrogens is 212 g/mol. The normalized spacial score (nSPS) is 25.0. The van der Waals surface area contributed by atoms with Crippen molar-refractivity contribution in [3.8, 4) is 0 Å². The Hall–Kier alpha value is -1.55. The first-order chi connectivity index (χ1) is 8.33. The van der Waals surface area contributed by atoms with E-state index in [9.17, 15) is 0 Å². The molecule has 0 unspecified atom stereocenters. The zero-order valence-electron chi connectivity index (χ0n) is 9.82. The van der Waals surface area contributed by atoms with E-state index >= 15 is 0 Å². The minimum Gasteiger partial charge on any atom is -0.352 e. The highest BCUT2D eigenvalue weighted by atomic mass is 15.1. The summed E-state index contributed by atoms with van der Waals surface area (Å²) in [6.07, 6.45) is 4.75. The van der Waals surface area contributed by atoms with Crippen molar-refractivity contribution < 1.29 is 0 Å². The molecular formula is C13H18N4. The molecule has 0 amide bonds. The van der Waals surface area contributed by atoms with Gasteiger partial charge in [-0.1, -0.05) is 25.0 Å². The zero-order chi connectivity index (χ0) is 11.7. The molecule has 3 rings (SSSR count). The molecule has 1 heterocycles. The lowest BCUT2D eigenvalue weighted by Crippen LogP contribution is -2.42. The fourth-order valence-electron chi connectivity index (χ4n) is 2.54. The standard InChI is InChI=1S/C13H18N4/c14-9-5-1-2-6-10(9)15-13-16-11-7-3-4-8-12(11)17-13/h3-4,7-10H,1-2,5-6,14H2,(H2,15,16,17)/t9-,10+/m1/s1. The highest BCUT2D eigenvalue weighted by molar-refractivity contribution is 5.77. The van der Waals surface area contributed by atoms with E-state index in [-0.39, 0.29) is 6.04 Å². The van der Waals surface area contributed by atoms with Gasteiger partial charge in [0.1, 0.15) is 0 Å². The van der Waals surface area contributed by atoms with Crippen LogP contribution in [0.4, 0.5) is 5.95 Å². The zero-order valence-corrected chi connectivity index (χ0v) is 9.82. The van der Waals surface area contributed by atoms with Crippen molar-refractivity contribution in [2.45, 2.75) is 37.8 Å². The molecule has 1 aromatic heterocycles. The molecule has 0 bridgehead atoms. The van der Waals surface area contributed by atoms with Gasteiger partial charge in [0.2, 0.25) is 5.95 Å². The van der Waals surface area contributed by atoms with Gasteiger partial charge in [-0.25, -0.2) is 4.98 Å². The van der Waals surface area contributed by atoms with Crippen molar-refractivity contribution >= 4 is 17.0 Å². The van der Waals surface area contributed by atoms with Crippen molar-refractivity contribution in [2.24, 2.45) is 5.73 Å². The average molecular weight is 230 g/mol. The van der Waals surface area contributed by atoms with Gasteiger partial charge >= 0.3 is 0 Å². The molecule has 0 radical (unpaired) electrons. The second kappa shape index (κ2) is 4.37. The molecule has 1 aliphatic carbocycles. The van der Waals surface area contributed by atoms with E-state index in [1.165, 1.54) is 12.8 Å². The third-order valence-electron chi connectivity index (χ3n) is 3.53. The van der Waals surface area contributed by atoms with Crippen molar-refractivity contribution in [1.82, 2.24) is 9.97 Å². The van der Waals surface area contributed by atoms with Gasteiger partial charge in [-0.15, -0.1) is 0 Å². The number of anilines is 1. The lowest BCUT2D eigenvalue weighted by Gasteiger charge is -2.29. The quantitative estimate of drug-likeness (QED) is 0.741. The Morgan fingerprint density at radius 3 is 2.88 bits per heavy atom. The van der Waals surface area contributed by atoms with E-state index in [0.29, 0.717) is 6.04 Å². The summed E-state index contributed by atoms with van der Waals surface area (Å²) >= 11 is 0. The van der Waals surface area contributed by atoms with Gasteiger partial charge in [-0.3, -0.25) is 0 Å². The summed E-state index contributed by atoms with van der Waals surface area (Å²) in [6.45, 7) is 0. The Morgan fingerprint density at radius 1 is 1.24 bits per heavy atom. The minimum atomic E-state index is 0.247. The maximum atomic E-state index is 6.12. The SMILES string of the molecule is N[C@@H]1CCCC[C@@H]1Nc1nc2ccccc2[nH]1. The highest BCUT2D eigenvalue weighted by Gasteiger charge is 2.22. The molecule has 1 fully saturated rings. The first-order valence-electron chi connectivity index (χ1n) is 6.30. The van der Waals surface area contributed by atoms with E-state index in [1.807, 2.05) is 24.3 Å². The lowest BCUT2D eigenvalue weighted by atomic mass is 9.91. The molecule has 4 nitrogen and oxygen atoms in total. The summed E-state index contributed by atoms with van der Waals surface area (Å²) in [5.41, 5.74) is 8.19. The molecule has 2 aromatic rings. The predicted molar refractivity (Wildman–Crippen MR) is 69.9 cm³/mol. The second-order valence-corrected chi connectivity index (χ2v) is 4.80. The smallest absolute Gasteiger partial charge is 0.201 e. The number of H-pyrrole nitrogens is 1. The van der Waals surface area contributed by atoms with E-state index in [4.69, 9.17) is 5.73 Å². The van der Waals surface area contributed by atoms with Crippen molar-refractivity contribution in [2.75, 3.05) is 5.32 Å². The molecule has 0 spiro atoms. The van der Waals surface area contributed by atoms with E-state index in [0.717, 1.165) is 29.8 Å². The van der Waals surface area contributed by atoms with Crippen LogP contribution in [0, 0.1) is 0 Å². The summed E-state index contributed by atoms with van der Waals surface area (Å²) in [5, 5.41) is 3.43. The molecule has 0 saturated heterocycles. The fourth-order valence-corrected chi connectivity index (χ4v) is 2.54. The number of nitrogens with zero attached hydrogens (tertiary/aromatic N) is 1. The van der Waals surface area contributed by atoms with Gasteiger partial charge < -0.3 is 16.0 Å². The van der Waals surface area contributed by atoms with Crippen LogP contribution in [0.2, 0.25) is 0 Å². The maximum Gasteiger partial charge on any atom is 0.201 e. The summed E-state index contributed by atoms with van der Waals surface area (Å²) in [6, 6.07) is 8.66. The monoisotopic (exact) mass is 230 g/mol. The summed E-state index contributed by atoms with van der Waals surface area (Å²) in [7, 11) is 0. The van der Waals surface area contributed by atoms with Gasteiger partial charge in [-0.2, -0.15) is 0 Å². The second-order valence-electron chi connectivity index (χ2n) is 4.80. The number of nitrogens with one attached hydrogen (secondary N) is 2. The largest absolute Gasteiger partial charge is 0.352 e. The van der Waals surface area contributed by atoms with Gasteiger partial charge in [0.15, 0.2) is 0 Å². The van der Waals surface area contributed by atoms with E-state index in [2.05, 4.69) is 15.3 Å². The summed E-state index contributed by atoms with van der Waals surface area (Å²) < 4.78 is 0. The molecule has 2 atom stereocenters. The molecule has 0 aliphatic heterocycles. The molecule has 1 saturated carbocycles. The average Bonchev–Trinajstić information content (AvgIpc) is 2.74. The third kappa shape index (κ3) is 2.13. The number of nitrogens with two attached hydrogens (primary N) is 1. The first-order valence-corrected chi connectivity index (χ1v) is 6.30. The topological polar surface area (TPSA) is 66.7 Å². The molecule has 1 aromatic carbocycles. The van der Waals surface area contributed by atoms with Gasteiger partial charge in [-0.05, 0) is 25.0 Å². The Labute approximate surface area is 101 Å². The number of aromatic nitrogens is 2. The van der Waals surface area contributed by atoms with Crippen LogP contribution >= 0.6 is 0 Å². The van der Waals surface area contributed by atoms with E-state index < -0.39 is 0 Å². The molecule has 90 valence electrons. The predicted octanol–water partition coefficient (Wildman–Crippen LogP) is 2.24. The first kappa shape index (κ1) is 10.6. The lowest BCUT2D eigenvalue weighted by molar-refractivity contribution is 0.403. The van der Waals surface area contributed by atoms with E-state index in [1.54, 1.807) is 0 Å². The molecule has 4 heteroatoms. The minimum absolute atomic E-state index is 0.247. The Balaban J connectivity index is 1.79. The molecule has 4 N–H and O–H groups in total. The van der Waals surface area contributed by atoms with Crippen molar-refractivity contribution in [3.05, 3.63) is 24.3 Å². The van der Waals surface area contributed by atoms with Crippen molar-refractivity contribution in [1.29, 1.82) is 0 Å². The van der Waals surface area contributed by atoms with Crippen LogP contribution in [0.15, 0.2) is 24.3 Å². The fraction of sp³-hybridized carbons (Fsp3) is 0.462. The van der Waals surface area contributed by atoms with Crippen LogP contribution in [-0.4, -0.2) is 22.1 Å². The van der Waals surface area contributed by atoms with Gasteiger partial charge in [0.25, 0.3) is 0 Å². The molecule has 1 aliphatic rings. The maximum absolute atomic E-state index is 6.12. The Bertz CT molecular complexity index is 472. The number of hydrogen-bond donors (Lipinski definition) is 3. The number of imidazole rings is 1. The highest BCUT2D eigenvalue weighted by Crippen LogP contribution is 2.21. The van der Waals surface area contributed by atoms with Gasteiger partial charge in [0, 0.05) is 12.1 Å². The van der Waals surface area contributed by atoms with Crippen molar-refractivity contribution in [3.63, 3.8) is 0 Å². The molecule has 17 heavy (non-hydrogen) atoms. The number of rotatable bonds is 2. The number of benzene rings is 1. The summed E-state index contributed by atoms with van der Waals surface area (Å²) in [5.74, 6) is 0.841. The Kier molecular flexibility index (Phi) is 2.73. The van der Waals surface area contributed by atoms with Crippen LogP contribution in [0.25, 0.3) is 11.0 Å². The Morgan fingerprint density at radius 2 is 2.06 bits per heavy atom. The van der Waals surface area contributed by atoms with Crippen LogP contribution in [0.5, 0.6) is 0 Å². The van der Waals surface area contributed by atoms with Gasteiger partial charge in [0.05, 0.1) is 11.0 Å². The number of para-hydroxylation sites is 2. The summed E-state index contributed by atoms with van der Waals surface area (Å²) in [4.78, 5) is 7.80. The van der Waals surface area contributed by atoms with Crippen LogP contribution in [-0.2, 0) is 0 Å². The number of fused-ring (bicyclic) bond motifs is 1. The third-order valence-corrected chi connectivity index (χ3v) is 3.53. The van der Waals surface area contributed by atoms with Crippen LogP contribution in [0.3, 0.4) is 0 Å². The number of aromatic amines is 1. The number of hydrogen-bond acceptors (Lipinski definition) is 3. The van der Waals surface area contributed by atoms with Crippen LogP contribution < -0.4 is 11.1 Å².